The standard InChI is InChI=1S/C36H56O4Si2/c1-12-32(39-41(8,9)35(2,3)4)26-23-21-24-28-33(40-42(10,11)36(5,6)7)27-22-19-17-15-13-14-16-18-20-25-29-34-37-30-31-38-34/h22-23,26-27,32-34H,12,15-16,25,28-31H2,1-11H3/b26-23+,27-22+/t32-,33+/m1/s1. The second-order valence-corrected chi connectivity index (χ2v) is 23.1. The zero-order chi connectivity index (χ0) is 31.7. The van der Waals surface area contributed by atoms with Gasteiger partial charge >= 0.3 is 0 Å². The summed E-state index contributed by atoms with van der Waals surface area (Å²) in [5.41, 5.74) is 0. The normalized spacial score (nSPS) is 16.1. The summed E-state index contributed by atoms with van der Waals surface area (Å²) in [6.45, 7) is 26.2. The summed E-state index contributed by atoms with van der Waals surface area (Å²) < 4.78 is 24.0. The van der Waals surface area contributed by atoms with Crippen LogP contribution in [0, 0.1) is 47.4 Å². The van der Waals surface area contributed by atoms with Gasteiger partial charge in [0.05, 0.1) is 38.3 Å². The molecule has 0 aromatic heterocycles. The molecule has 1 heterocycles. The van der Waals surface area contributed by atoms with Crippen LogP contribution in [0.15, 0.2) is 24.3 Å². The van der Waals surface area contributed by atoms with Crippen molar-refractivity contribution in [1.29, 1.82) is 0 Å². The lowest BCUT2D eigenvalue weighted by atomic mass is 10.2. The van der Waals surface area contributed by atoms with E-state index in [0.29, 0.717) is 32.5 Å². The summed E-state index contributed by atoms with van der Waals surface area (Å²) >= 11 is 0. The fourth-order valence-corrected chi connectivity index (χ4v) is 5.91. The first kappa shape index (κ1) is 38.0. The SMILES string of the molecule is CC[C@H](/C=C/C#CC[C@H](/C=C/C#CCC#CCC#CCCC1OCCO1)O[Si](C)(C)C(C)(C)C)O[Si](C)(C)C(C)(C)C. The van der Waals surface area contributed by atoms with Crippen LogP contribution in [0.4, 0.5) is 0 Å². The molecule has 0 N–H and O–H groups in total. The second kappa shape index (κ2) is 18.6. The van der Waals surface area contributed by atoms with E-state index in [2.05, 4.69) is 128 Å². The number of rotatable bonds is 10. The van der Waals surface area contributed by atoms with Crippen molar-refractivity contribution in [3.05, 3.63) is 24.3 Å². The molecule has 1 rings (SSSR count). The van der Waals surface area contributed by atoms with Gasteiger partial charge < -0.3 is 18.3 Å². The second-order valence-electron chi connectivity index (χ2n) is 13.6. The average Bonchev–Trinajstić information content (AvgIpc) is 3.40. The molecular weight excluding hydrogens is 553 g/mol. The van der Waals surface area contributed by atoms with Gasteiger partial charge in [0.2, 0.25) is 0 Å². The molecule has 6 heteroatoms. The first-order valence-corrected chi connectivity index (χ1v) is 21.2. The smallest absolute Gasteiger partial charge is 0.192 e. The van der Waals surface area contributed by atoms with Crippen LogP contribution in [-0.2, 0) is 18.3 Å². The van der Waals surface area contributed by atoms with Gasteiger partial charge in [-0.15, -0.1) is 5.92 Å². The van der Waals surface area contributed by atoms with Crippen LogP contribution in [0.3, 0.4) is 0 Å². The highest BCUT2D eigenvalue weighted by atomic mass is 28.4. The predicted molar refractivity (Wildman–Crippen MR) is 183 cm³/mol. The monoisotopic (exact) mass is 608 g/mol. The highest BCUT2D eigenvalue weighted by molar-refractivity contribution is 6.74. The minimum absolute atomic E-state index is 0.0875. The van der Waals surface area contributed by atoms with Gasteiger partial charge in [0.25, 0.3) is 0 Å². The lowest BCUT2D eigenvalue weighted by Crippen LogP contribution is -2.43. The van der Waals surface area contributed by atoms with E-state index in [4.69, 9.17) is 18.3 Å². The summed E-state index contributed by atoms with van der Waals surface area (Å²) in [5, 5.41) is 0.301. The Kier molecular flexibility index (Phi) is 16.8. The van der Waals surface area contributed by atoms with Crippen LogP contribution < -0.4 is 0 Å². The largest absolute Gasteiger partial charge is 0.411 e. The molecule has 1 fully saturated rings. The van der Waals surface area contributed by atoms with Crippen LogP contribution >= 0.6 is 0 Å². The summed E-state index contributed by atoms with van der Waals surface area (Å²) in [7, 11) is -3.78. The summed E-state index contributed by atoms with van der Waals surface area (Å²) in [6.07, 6.45) is 12.1. The molecule has 2 atom stereocenters. The Hall–Kier alpha value is -2.01. The molecule has 1 saturated heterocycles. The zero-order valence-corrected chi connectivity index (χ0v) is 30.3. The maximum absolute atomic E-state index is 6.66. The van der Waals surface area contributed by atoms with Gasteiger partial charge in [-0.05, 0) is 67.0 Å². The van der Waals surface area contributed by atoms with Crippen molar-refractivity contribution >= 4 is 16.6 Å². The van der Waals surface area contributed by atoms with E-state index in [1.165, 1.54) is 0 Å². The van der Waals surface area contributed by atoms with Crippen molar-refractivity contribution in [2.45, 2.75) is 142 Å². The van der Waals surface area contributed by atoms with E-state index < -0.39 is 16.6 Å². The van der Waals surface area contributed by atoms with Gasteiger partial charge in [-0.3, -0.25) is 0 Å². The quantitative estimate of drug-likeness (QED) is 0.184. The van der Waals surface area contributed by atoms with E-state index in [1.807, 2.05) is 18.2 Å². The van der Waals surface area contributed by atoms with E-state index in [0.717, 1.165) is 19.3 Å². The van der Waals surface area contributed by atoms with E-state index in [1.54, 1.807) is 0 Å². The topological polar surface area (TPSA) is 36.9 Å². The molecule has 0 bridgehead atoms. The van der Waals surface area contributed by atoms with E-state index in [9.17, 15) is 0 Å². The molecule has 0 radical (unpaired) electrons. The van der Waals surface area contributed by atoms with Gasteiger partial charge in [0.1, 0.15) is 0 Å². The van der Waals surface area contributed by atoms with Crippen molar-refractivity contribution < 1.29 is 18.3 Å². The molecule has 0 unspecified atom stereocenters. The zero-order valence-electron chi connectivity index (χ0n) is 28.3. The maximum Gasteiger partial charge on any atom is 0.192 e. The molecule has 42 heavy (non-hydrogen) atoms. The van der Waals surface area contributed by atoms with Crippen molar-refractivity contribution in [3.63, 3.8) is 0 Å². The predicted octanol–water partition coefficient (Wildman–Crippen LogP) is 8.63. The van der Waals surface area contributed by atoms with Crippen LogP contribution in [0.5, 0.6) is 0 Å². The molecule has 0 spiro atoms. The molecule has 0 aromatic rings. The van der Waals surface area contributed by atoms with Gasteiger partial charge in [-0.25, -0.2) is 0 Å². The molecule has 0 saturated carbocycles. The number of hydrogen-bond acceptors (Lipinski definition) is 4. The summed E-state index contributed by atoms with van der Waals surface area (Å²) in [5.74, 6) is 25.1. The van der Waals surface area contributed by atoms with Gasteiger partial charge in [0.15, 0.2) is 22.9 Å². The Bertz CT molecular complexity index is 1120. The third-order valence-electron chi connectivity index (χ3n) is 8.00. The van der Waals surface area contributed by atoms with Gasteiger partial charge in [-0.1, -0.05) is 89.9 Å². The first-order chi connectivity index (χ1) is 19.6. The Morgan fingerprint density at radius 1 is 0.714 bits per heavy atom. The molecular formula is C36H56O4Si2. The molecule has 1 aliphatic rings. The Morgan fingerprint density at radius 3 is 1.74 bits per heavy atom. The highest BCUT2D eigenvalue weighted by Gasteiger charge is 2.39. The summed E-state index contributed by atoms with van der Waals surface area (Å²) in [4.78, 5) is 0. The van der Waals surface area contributed by atoms with Crippen molar-refractivity contribution in [2.24, 2.45) is 0 Å². The summed E-state index contributed by atoms with van der Waals surface area (Å²) in [6, 6.07) is 0. The van der Waals surface area contributed by atoms with Gasteiger partial charge in [0, 0.05) is 19.3 Å². The third-order valence-corrected chi connectivity index (χ3v) is 17.0. The minimum Gasteiger partial charge on any atom is -0.411 e. The van der Waals surface area contributed by atoms with Crippen LogP contribution in [0.25, 0.3) is 0 Å². The van der Waals surface area contributed by atoms with E-state index in [-0.39, 0.29) is 28.6 Å². The Morgan fingerprint density at radius 2 is 1.19 bits per heavy atom. The van der Waals surface area contributed by atoms with Gasteiger partial charge in [-0.2, -0.15) is 0 Å². The molecule has 4 nitrogen and oxygen atoms in total. The molecule has 0 amide bonds. The third kappa shape index (κ3) is 15.5. The highest BCUT2D eigenvalue weighted by Crippen LogP contribution is 2.38. The molecule has 232 valence electrons. The van der Waals surface area contributed by atoms with Crippen LogP contribution in [0.1, 0.15) is 87.0 Å². The Balaban J connectivity index is 2.70. The number of allylic oxidation sites excluding steroid dienone is 2. The van der Waals surface area contributed by atoms with E-state index >= 15 is 0 Å². The lowest BCUT2D eigenvalue weighted by molar-refractivity contribution is -0.0454. The molecule has 0 aromatic carbocycles. The van der Waals surface area contributed by atoms with Crippen LogP contribution in [0.2, 0.25) is 36.3 Å². The molecule has 1 aliphatic heterocycles. The molecule has 0 aliphatic carbocycles. The fraction of sp³-hybridized carbons (Fsp3) is 0.667. The van der Waals surface area contributed by atoms with Crippen molar-refractivity contribution in [2.75, 3.05) is 13.2 Å². The first-order valence-electron chi connectivity index (χ1n) is 15.4. The Labute approximate surface area is 261 Å². The maximum atomic E-state index is 6.66. The number of hydrogen-bond donors (Lipinski definition) is 0. The van der Waals surface area contributed by atoms with Crippen molar-refractivity contribution in [1.82, 2.24) is 0 Å². The minimum atomic E-state index is -1.96. The number of ether oxygens (including phenoxy) is 2. The van der Waals surface area contributed by atoms with Crippen LogP contribution in [-0.4, -0.2) is 48.3 Å². The lowest BCUT2D eigenvalue weighted by Gasteiger charge is -2.38. The van der Waals surface area contributed by atoms with Crippen molar-refractivity contribution in [3.8, 4) is 47.4 Å². The average molecular weight is 609 g/mol. The fourth-order valence-electron chi connectivity index (χ4n) is 3.29.